The van der Waals surface area contributed by atoms with Crippen molar-refractivity contribution in [1.29, 1.82) is 0 Å². The van der Waals surface area contributed by atoms with Gasteiger partial charge in [0.25, 0.3) is 0 Å². The molecule has 0 unspecified atom stereocenters. The zero-order valence-corrected chi connectivity index (χ0v) is 17.1. The van der Waals surface area contributed by atoms with Gasteiger partial charge in [-0.25, -0.2) is 0 Å². The van der Waals surface area contributed by atoms with Gasteiger partial charge in [-0.3, -0.25) is 4.99 Å². The van der Waals surface area contributed by atoms with Crippen molar-refractivity contribution < 1.29 is 0 Å². The molecule has 0 aliphatic carbocycles. The molecule has 2 N–H and O–H groups in total. The lowest BCUT2D eigenvalue weighted by atomic mass is 10.1. The van der Waals surface area contributed by atoms with Crippen LogP contribution < -0.4 is 10.6 Å². The van der Waals surface area contributed by atoms with Crippen LogP contribution >= 0.6 is 35.6 Å². The largest absolute Gasteiger partial charge is 0.356 e. The van der Waals surface area contributed by atoms with Gasteiger partial charge in [0.2, 0.25) is 0 Å². The molecule has 0 aliphatic rings. The third-order valence-corrected chi connectivity index (χ3v) is 3.89. The lowest BCUT2D eigenvalue weighted by molar-refractivity contribution is 0.632. The van der Waals surface area contributed by atoms with Crippen molar-refractivity contribution >= 4 is 41.5 Å². The average molecular weight is 463 g/mol. The molecular weight excluding hydrogens is 439 g/mol. The number of rotatable bonds is 7. The number of hydrogen-bond acceptors (Lipinski definition) is 3. The van der Waals surface area contributed by atoms with E-state index in [-0.39, 0.29) is 24.0 Å². The Kier molecular flexibility index (Phi) is 9.70. The van der Waals surface area contributed by atoms with E-state index >= 15 is 0 Å². The van der Waals surface area contributed by atoms with Crippen molar-refractivity contribution in [2.75, 3.05) is 20.1 Å². The smallest absolute Gasteiger partial charge is 0.191 e. The molecule has 0 radical (unpaired) electrons. The number of nitrogens with zero attached hydrogens (tertiary/aromatic N) is 4. The SMILES string of the molecule is CCc1nncn1CCNC(=NC)NCCc1ccccc1Cl.I. The van der Waals surface area contributed by atoms with E-state index in [1.807, 2.05) is 28.8 Å². The Morgan fingerprint density at radius 3 is 2.71 bits per heavy atom. The molecule has 0 fully saturated rings. The van der Waals surface area contributed by atoms with Crippen LogP contribution in [0.4, 0.5) is 0 Å². The van der Waals surface area contributed by atoms with E-state index in [9.17, 15) is 0 Å². The van der Waals surface area contributed by atoms with Gasteiger partial charge in [-0.15, -0.1) is 34.2 Å². The zero-order chi connectivity index (χ0) is 16.5. The summed E-state index contributed by atoms with van der Waals surface area (Å²) in [7, 11) is 1.76. The zero-order valence-electron chi connectivity index (χ0n) is 14.0. The van der Waals surface area contributed by atoms with Crippen LogP contribution in [0, 0.1) is 0 Å². The van der Waals surface area contributed by atoms with Gasteiger partial charge in [0.1, 0.15) is 12.2 Å². The van der Waals surface area contributed by atoms with Crippen molar-refractivity contribution in [1.82, 2.24) is 25.4 Å². The minimum Gasteiger partial charge on any atom is -0.356 e. The van der Waals surface area contributed by atoms with Gasteiger partial charge in [0, 0.05) is 38.1 Å². The second-order valence-corrected chi connectivity index (χ2v) is 5.47. The first-order valence-corrected chi connectivity index (χ1v) is 8.17. The summed E-state index contributed by atoms with van der Waals surface area (Å²) in [6.45, 7) is 4.41. The Bertz CT molecular complexity index is 643. The van der Waals surface area contributed by atoms with Gasteiger partial charge in [0.05, 0.1) is 0 Å². The number of benzene rings is 1. The Labute approximate surface area is 165 Å². The third kappa shape index (κ3) is 6.27. The van der Waals surface area contributed by atoms with E-state index in [0.717, 1.165) is 54.8 Å². The summed E-state index contributed by atoms with van der Waals surface area (Å²) in [5.74, 6) is 1.77. The normalized spacial score (nSPS) is 11.0. The second-order valence-electron chi connectivity index (χ2n) is 5.06. The second kappa shape index (κ2) is 11.2. The van der Waals surface area contributed by atoms with Gasteiger partial charge in [-0.2, -0.15) is 0 Å². The summed E-state index contributed by atoms with van der Waals surface area (Å²) in [6, 6.07) is 7.89. The van der Waals surface area contributed by atoms with Crippen LogP contribution in [0.25, 0.3) is 0 Å². The van der Waals surface area contributed by atoms with Crippen LogP contribution in [0.2, 0.25) is 5.02 Å². The average Bonchev–Trinajstić information content (AvgIpc) is 3.02. The topological polar surface area (TPSA) is 67.1 Å². The summed E-state index contributed by atoms with van der Waals surface area (Å²) < 4.78 is 2.05. The lowest BCUT2D eigenvalue weighted by Crippen LogP contribution is -2.39. The van der Waals surface area contributed by atoms with E-state index in [4.69, 9.17) is 11.6 Å². The number of hydrogen-bond donors (Lipinski definition) is 2. The van der Waals surface area contributed by atoms with Gasteiger partial charge in [-0.05, 0) is 18.1 Å². The maximum atomic E-state index is 6.15. The standard InChI is InChI=1S/C16H23ClN6.HI/c1-3-15-22-21-12-23(15)11-10-20-16(18-2)19-9-8-13-6-4-5-7-14(13)17;/h4-7,12H,3,8-11H2,1-2H3,(H2,18,19,20);1H. The molecule has 2 aromatic rings. The molecule has 24 heavy (non-hydrogen) atoms. The highest BCUT2D eigenvalue weighted by Crippen LogP contribution is 2.14. The molecule has 6 nitrogen and oxygen atoms in total. The number of aryl methyl sites for hydroxylation is 1. The summed E-state index contributed by atoms with van der Waals surface area (Å²) in [5, 5.41) is 15.4. The van der Waals surface area contributed by atoms with E-state index < -0.39 is 0 Å². The molecule has 0 aliphatic heterocycles. The molecule has 132 valence electrons. The minimum absolute atomic E-state index is 0. The number of nitrogens with one attached hydrogen (secondary N) is 2. The molecule has 0 saturated heterocycles. The monoisotopic (exact) mass is 462 g/mol. The summed E-state index contributed by atoms with van der Waals surface area (Å²) in [4.78, 5) is 4.22. The molecule has 2 rings (SSSR count). The van der Waals surface area contributed by atoms with Gasteiger partial charge < -0.3 is 15.2 Å². The molecule has 0 amide bonds. The van der Waals surface area contributed by atoms with E-state index in [2.05, 4.69) is 32.7 Å². The molecule has 1 heterocycles. The predicted octanol–water partition coefficient (Wildman–Crippen LogP) is 2.52. The van der Waals surface area contributed by atoms with E-state index in [0.29, 0.717) is 0 Å². The fourth-order valence-electron chi connectivity index (χ4n) is 2.27. The van der Waals surface area contributed by atoms with E-state index in [1.165, 1.54) is 0 Å². The number of aliphatic imine (C=N–C) groups is 1. The van der Waals surface area contributed by atoms with Crippen LogP contribution in [0.3, 0.4) is 0 Å². The molecule has 0 spiro atoms. The highest BCUT2D eigenvalue weighted by molar-refractivity contribution is 14.0. The first kappa shape index (κ1) is 20.7. The summed E-state index contributed by atoms with van der Waals surface area (Å²) >= 11 is 6.15. The highest BCUT2D eigenvalue weighted by Gasteiger charge is 2.03. The summed E-state index contributed by atoms with van der Waals surface area (Å²) in [6.07, 6.45) is 3.49. The Hall–Kier alpha value is -1.35. The first-order valence-electron chi connectivity index (χ1n) is 7.79. The molecule has 0 atom stereocenters. The van der Waals surface area contributed by atoms with Gasteiger partial charge in [0.15, 0.2) is 5.96 Å². The highest BCUT2D eigenvalue weighted by atomic mass is 127. The first-order chi connectivity index (χ1) is 11.2. The maximum absolute atomic E-state index is 6.15. The fraction of sp³-hybridized carbons (Fsp3) is 0.438. The van der Waals surface area contributed by atoms with Crippen molar-refractivity contribution in [2.24, 2.45) is 4.99 Å². The summed E-state index contributed by atoms with van der Waals surface area (Å²) in [5.41, 5.74) is 1.13. The van der Waals surface area contributed by atoms with Crippen molar-refractivity contribution in [3.8, 4) is 0 Å². The molecule has 1 aromatic carbocycles. The molecule has 8 heteroatoms. The van der Waals surface area contributed by atoms with Gasteiger partial charge in [-0.1, -0.05) is 36.7 Å². The Morgan fingerprint density at radius 1 is 1.25 bits per heavy atom. The van der Waals surface area contributed by atoms with Crippen molar-refractivity contribution in [3.05, 3.63) is 47.0 Å². The lowest BCUT2D eigenvalue weighted by Gasteiger charge is -2.13. The molecule has 1 aromatic heterocycles. The Balaban J connectivity index is 0.00000288. The maximum Gasteiger partial charge on any atom is 0.191 e. The fourth-order valence-corrected chi connectivity index (χ4v) is 2.50. The molecule has 0 saturated carbocycles. The van der Waals surface area contributed by atoms with Crippen molar-refractivity contribution in [2.45, 2.75) is 26.3 Å². The molecule has 0 bridgehead atoms. The van der Waals surface area contributed by atoms with Crippen molar-refractivity contribution in [3.63, 3.8) is 0 Å². The molecular formula is C16H24ClIN6. The third-order valence-electron chi connectivity index (χ3n) is 3.53. The quantitative estimate of drug-likeness (QED) is 0.377. The number of guanidine groups is 1. The minimum atomic E-state index is 0. The number of halogens is 2. The van der Waals surface area contributed by atoms with Crippen LogP contribution in [0.1, 0.15) is 18.3 Å². The van der Waals surface area contributed by atoms with Crippen LogP contribution in [0.15, 0.2) is 35.6 Å². The van der Waals surface area contributed by atoms with Crippen LogP contribution in [-0.2, 0) is 19.4 Å². The van der Waals surface area contributed by atoms with Gasteiger partial charge >= 0.3 is 0 Å². The number of aromatic nitrogens is 3. The van der Waals surface area contributed by atoms with E-state index in [1.54, 1.807) is 13.4 Å². The Morgan fingerprint density at radius 2 is 2.00 bits per heavy atom. The van der Waals surface area contributed by atoms with Crippen LogP contribution in [-0.4, -0.2) is 40.9 Å². The predicted molar refractivity (Wildman–Crippen MR) is 109 cm³/mol. The van der Waals surface area contributed by atoms with Crippen LogP contribution in [0.5, 0.6) is 0 Å².